The van der Waals surface area contributed by atoms with Gasteiger partial charge in [-0.05, 0) is 25.5 Å². The van der Waals surface area contributed by atoms with Crippen LogP contribution >= 0.6 is 11.6 Å². The molecule has 130 valence electrons. The summed E-state index contributed by atoms with van der Waals surface area (Å²) >= 11 is 6.08. The first-order chi connectivity index (χ1) is 11.2. The molecule has 0 saturated heterocycles. The highest BCUT2D eigenvalue weighted by molar-refractivity contribution is 6.33. The van der Waals surface area contributed by atoms with Gasteiger partial charge in [-0.2, -0.15) is 18.2 Å². The topological polar surface area (TPSA) is 38.2 Å². The van der Waals surface area contributed by atoms with Gasteiger partial charge in [0.15, 0.2) is 5.82 Å². The number of anilines is 2. The van der Waals surface area contributed by atoms with Gasteiger partial charge in [-0.1, -0.05) is 30.7 Å². The number of ether oxygens (including phenoxy) is 1. The van der Waals surface area contributed by atoms with Crippen LogP contribution in [0.15, 0.2) is 30.5 Å². The summed E-state index contributed by atoms with van der Waals surface area (Å²) in [5, 5.41) is 0.316. The first-order valence-corrected chi connectivity index (χ1v) is 7.71. The van der Waals surface area contributed by atoms with E-state index in [9.17, 15) is 13.2 Å². The molecule has 4 nitrogen and oxygen atoms in total. The summed E-state index contributed by atoms with van der Waals surface area (Å²) in [6.07, 6.45) is -3.40. The van der Waals surface area contributed by atoms with E-state index in [0.717, 1.165) is 6.20 Å². The third-order valence-electron chi connectivity index (χ3n) is 3.46. The lowest BCUT2D eigenvalue weighted by Crippen LogP contribution is -2.20. The van der Waals surface area contributed by atoms with Crippen molar-refractivity contribution >= 4 is 23.1 Å². The summed E-state index contributed by atoms with van der Waals surface area (Å²) in [4.78, 5) is 8.91. The van der Waals surface area contributed by atoms with E-state index in [0.29, 0.717) is 17.1 Å². The number of hydrogen-bond donors (Lipinski definition) is 0. The van der Waals surface area contributed by atoms with E-state index in [1.807, 2.05) is 6.92 Å². The molecular formula is C16H17ClF3N3O. The summed E-state index contributed by atoms with van der Waals surface area (Å²) in [7, 11) is 1.46. The lowest BCUT2D eigenvalue weighted by molar-refractivity contribution is -0.137. The predicted octanol–water partition coefficient (Wildman–Crippen LogP) is 5.09. The van der Waals surface area contributed by atoms with Gasteiger partial charge in [0.1, 0.15) is 5.56 Å². The second-order valence-electron chi connectivity index (χ2n) is 5.23. The molecule has 2 rings (SSSR count). The Kier molecular flexibility index (Phi) is 5.54. The molecule has 0 radical (unpaired) electrons. The molecule has 1 atom stereocenters. The molecule has 0 amide bonds. The van der Waals surface area contributed by atoms with Gasteiger partial charge in [0.2, 0.25) is 0 Å². The molecule has 24 heavy (non-hydrogen) atoms. The molecule has 0 N–H and O–H groups in total. The van der Waals surface area contributed by atoms with E-state index in [4.69, 9.17) is 16.3 Å². The number of rotatable bonds is 5. The van der Waals surface area contributed by atoms with Gasteiger partial charge in [-0.3, -0.25) is 0 Å². The zero-order chi connectivity index (χ0) is 17.9. The van der Waals surface area contributed by atoms with Gasteiger partial charge in [0.25, 0.3) is 0 Å². The first-order valence-electron chi connectivity index (χ1n) is 7.33. The maximum atomic E-state index is 13.3. The minimum absolute atomic E-state index is 0.105. The van der Waals surface area contributed by atoms with Crippen LogP contribution in [-0.2, 0) is 6.18 Å². The number of nitrogens with zero attached hydrogens (tertiary/aromatic N) is 3. The third-order valence-corrected chi connectivity index (χ3v) is 3.78. The summed E-state index contributed by atoms with van der Waals surface area (Å²) in [5.74, 6) is -0.316. The van der Waals surface area contributed by atoms with Crippen LogP contribution in [-0.4, -0.2) is 23.1 Å². The molecule has 0 aliphatic carbocycles. The Morgan fingerprint density at radius 3 is 2.54 bits per heavy atom. The van der Waals surface area contributed by atoms with Crippen LogP contribution in [0.1, 0.15) is 25.8 Å². The molecule has 2 aromatic rings. The fraction of sp³-hybridized carbons (Fsp3) is 0.375. The second-order valence-corrected chi connectivity index (χ2v) is 5.64. The monoisotopic (exact) mass is 359 g/mol. The number of para-hydroxylation sites is 1. The Hall–Kier alpha value is -2.02. The van der Waals surface area contributed by atoms with Crippen LogP contribution in [0.5, 0.6) is 6.01 Å². The van der Waals surface area contributed by atoms with E-state index < -0.39 is 11.7 Å². The van der Waals surface area contributed by atoms with Crippen molar-refractivity contribution in [3.63, 3.8) is 0 Å². The largest absolute Gasteiger partial charge is 0.460 e. The predicted molar refractivity (Wildman–Crippen MR) is 86.9 cm³/mol. The zero-order valence-electron chi connectivity index (χ0n) is 13.4. The lowest BCUT2D eigenvalue weighted by Gasteiger charge is -2.23. The van der Waals surface area contributed by atoms with E-state index in [1.54, 1.807) is 31.2 Å². The molecule has 1 unspecified atom stereocenters. The Morgan fingerprint density at radius 1 is 1.29 bits per heavy atom. The number of hydrogen-bond acceptors (Lipinski definition) is 4. The smallest absolute Gasteiger partial charge is 0.421 e. The molecule has 0 saturated carbocycles. The van der Waals surface area contributed by atoms with Crippen molar-refractivity contribution < 1.29 is 17.9 Å². The summed E-state index contributed by atoms with van der Waals surface area (Å²) in [5.41, 5.74) is -0.556. The van der Waals surface area contributed by atoms with E-state index >= 15 is 0 Å². The Labute approximate surface area is 143 Å². The fourth-order valence-electron chi connectivity index (χ4n) is 1.97. The van der Waals surface area contributed by atoms with Crippen LogP contribution in [0.25, 0.3) is 0 Å². The molecule has 0 aliphatic heterocycles. The Balaban J connectivity index is 2.51. The van der Waals surface area contributed by atoms with Gasteiger partial charge < -0.3 is 9.64 Å². The van der Waals surface area contributed by atoms with Gasteiger partial charge in [0.05, 0.1) is 16.8 Å². The summed E-state index contributed by atoms with van der Waals surface area (Å²) in [6.45, 7) is 3.68. The highest BCUT2D eigenvalue weighted by atomic mass is 35.5. The zero-order valence-corrected chi connectivity index (χ0v) is 14.2. The second kappa shape index (κ2) is 7.25. The first kappa shape index (κ1) is 18.3. The van der Waals surface area contributed by atoms with Gasteiger partial charge >= 0.3 is 12.2 Å². The SMILES string of the molecule is CCC(C)Oc1ncc(C(F)(F)F)c(N(C)c2ccccc2Cl)n1. The molecule has 0 fully saturated rings. The van der Waals surface area contributed by atoms with Crippen molar-refractivity contribution in [1.82, 2.24) is 9.97 Å². The Morgan fingerprint density at radius 2 is 1.96 bits per heavy atom. The van der Waals surface area contributed by atoms with Gasteiger partial charge in [-0.15, -0.1) is 0 Å². The van der Waals surface area contributed by atoms with Crippen molar-refractivity contribution in [3.05, 3.63) is 41.0 Å². The van der Waals surface area contributed by atoms with Crippen molar-refractivity contribution in [2.45, 2.75) is 32.5 Å². The highest BCUT2D eigenvalue weighted by Gasteiger charge is 2.37. The van der Waals surface area contributed by atoms with Crippen molar-refractivity contribution in [2.24, 2.45) is 0 Å². The third kappa shape index (κ3) is 4.08. The molecule has 0 bridgehead atoms. The average molecular weight is 360 g/mol. The number of alkyl halides is 3. The average Bonchev–Trinajstić information content (AvgIpc) is 2.53. The van der Waals surface area contributed by atoms with Crippen LogP contribution in [0.4, 0.5) is 24.7 Å². The summed E-state index contributed by atoms with van der Waals surface area (Å²) in [6, 6.07) is 6.48. The molecule has 8 heteroatoms. The molecule has 1 aromatic carbocycles. The van der Waals surface area contributed by atoms with Crippen molar-refractivity contribution in [2.75, 3.05) is 11.9 Å². The van der Waals surface area contributed by atoms with Gasteiger partial charge in [-0.25, -0.2) is 4.98 Å². The van der Waals surface area contributed by atoms with Crippen LogP contribution in [0.2, 0.25) is 5.02 Å². The molecular weight excluding hydrogens is 343 g/mol. The summed E-state index contributed by atoms with van der Waals surface area (Å²) < 4.78 is 45.4. The van der Waals surface area contributed by atoms with E-state index in [1.165, 1.54) is 11.9 Å². The minimum atomic E-state index is -4.60. The maximum Gasteiger partial charge on any atom is 0.421 e. The number of halogens is 4. The van der Waals surface area contributed by atoms with Crippen LogP contribution in [0, 0.1) is 0 Å². The maximum absolute atomic E-state index is 13.3. The fourth-order valence-corrected chi connectivity index (χ4v) is 2.23. The van der Waals surface area contributed by atoms with Crippen molar-refractivity contribution in [1.29, 1.82) is 0 Å². The normalized spacial score (nSPS) is 12.8. The molecule has 0 spiro atoms. The highest BCUT2D eigenvalue weighted by Crippen LogP contribution is 2.39. The minimum Gasteiger partial charge on any atom is -0.460 e. The van der Waals surface area contributed by atoms with Crippen LogP contribution in [0.3, 0.4) is 0 Å². The molecule has 1 heterocycles. The van der Waals surface area contributed by atoms with E-state index in [2.05, 4.69) is 9.97 Å². The lowest BCUT2D eigenvalue weighted by atomic mass is 10.2. The Bertz CT molecular complexity index is 709. The number of aromatic nitrogens is 2. The standard InChI is InChI=1S/C16H17ClF3N3O/c1-4-10(2)24-15-21-9-11(16(18,19)20)14(22-15)23(3)13-8-6-5-7-12(13)17/h5-10H,4H2,1-3H3. The molecule has 1 aromatic heterocycles. The molecule has 0 aliphatic rings. The van der Waals surface area contributed by atoms with E-state index in [-0.39, 0.29) is 17.9 Å². The quantitative estimate of drug-likeness (QED) is 0.745. The van der Waals surface area contributed by atoms with Crippen molar-refractivity contribution in [3.8, 4) is 6.01 Å². The van der Waals surface area contributed by atoms with Gasteiger partial charge in [0, 0.05) is 13.2 Å². The van der Waals surface area contributed by atoms with Crippen LogP contribution < -0.4 is 9.64 Å². The number of benzene rings is 1.